The van der Waals surface area contributed by atoms with Crippen LogP contribution in [-0.2, 0) is 0 Å². The topological polar surface area (TPSA) is 49.9 Å². The van der Waals surface area contributed by atoms with Crippen LogP contribution in [0.2, 0.25) is 0 Å². The Morgan fingerprint density at radius 1 is 1.44 bits per heavy atom. The standard InChI is InChI=1S/C12H23N3O/c1-5-11(8-13-7-9(2)3)16-12-6-10(4)14-15-12/h6,9,11,13H,5,7-8H2,1-4H3,(H,14,15). The first-order valence-electron chi connectivity index (χ1n) is 6.01. The number of H-pyrrole nitrogens is 1. The maximum absolute atomic E-state index is 5.76. The van der Waals surface area contributed by atoms with Crippen LogP contribution in [0.25, 0.3) is 0 Å². The van der Waals surface area contributed by atoms with Gasteiger partial charge in [-0.15, -0.1) is 5.10 Å². The molecule has 0 radical (unpaired) electrons. The third-order valence-electron chi connectivity index (χ3n) is 2.35. The lowest BCUT2D eigenvalue weighted by Gasteiger charge is -2.17. The second-order valence-corrected chi connectivity index (χ2v) is 4.59. The molecule has 1 atom stereocenters. The van der Waals surface area contributed by atoms with Crippen molar-refractivity contribution in [3.63, 3.8) is 0 Å². The van der Waals surface area contributed by atoms with Crippen molar-refractivity contribution in [3.8, 4) is 5.88 Å². The fourth-order valence-corrected chi connectivity index (χ4v) is 1.43. The summed E-state index contributed by atoms with van der Waals surface area (Å²) in [6, 6.07) is 1.92. The fourth-order valence-electron chi connectivity index (χ4n) is 1.43. The van der Waals surface area contributed by atoms with Gasteiger partial charge in [0, 0.05) is 18.3 Å². The van der Waals surface area contributed by atoms with E-state index in [4.69, 9.17) is 4.74 Å². The van der Waals surface area contributed by atoms with Gasteiger partial charge in [0.25, 0.3) is 0 Å². The quantitative estimate of drug-likeness (QED) is 0.747. The molecule has 1 aromatic heterocycles. The van der Waals surface area contributed by atoms with Crippen molar-refractivity contribution in [2.24, 2.45) is 5.92 Å². The molecular formula is C12H23N3O. The van der Waals surface area contributed by atoms with Gasteiger partial charge in [-0.1, -0.05) is 20.8 Å². The van der Waals surface area contributed by atoms with E-state index in [1.54, 1.807) is 0 Å². The van der Waals surface area contributed by atoms with Gasteiger partial charge in [0.1, 0.15) is 6.10 Å². The van der Waals surface area contributed by atoms with Crippen LogP contribution in [-0.4, -0.2) is 29.4 Å². The predicted octanol–water partition coefficient (Wildman–Crippen LogP) is 2.12. The Kier molecular flexibility index (Phi) is 5.32. The molecule has 16 heavy (non-hydrogen) atoms. The van der Waals surface area contributed by atoms with Crippen molar-refractivity contribution in [2.75, 3.05) is 13.1 Å². The molecule has 4 heteroatoms. The number of hydrogen-bond donors (Lipinski definition) is 2. The number of aromatic amines is 1. The third-order valence-corrected chi connectivity index (χ3v) is 2.35. The zero-order valence-electron chi connectivity index (χ0n) is 10.7. The summed E-state index contributed by atoms with van der Waals surface area (Å²) in [5, 5.41) is 10.3. The second-order valence-electron chi connectivity index (χ2n) is 4.59. The highest BCUT2D eigenvalue weighted by Crippen LogP contribution is 2.10. The van der Waals surface area contributed by atoms with E-state index in [0.29, 0.717) is 11.8 Å². The number of rotatable bonds is 7. The van der Waals surface area contributed by atoms with Gasteiger partial charge >= 0.3 is 0 Å². The lowest BCUT2D eigenvalue weighted by molar-refractivity contribution is 0.184. The van der Waals surface area contributed by atoms with Crippen LogP contribution in [0.1, 0.15) is 32.9 Å². The highest BCUT2D eigenvalue weighted by molar-refractivity contribution is 5.12. The molecule has 4 nitrogen and oxygen atoms in total. The zero-order chi connectivity index (χ0) is 12.0. The largest absolute Gasteiger partial charge is 0.472 e. The SMILES string of the molecule is CCC(CNCC(C)C)Oc1cc(C)[nH]n1. The van der Waals surface area contributed by atoms with Gasteiger partial charge in [-0.25, -0.2) is 0 Å². The number of hydrogen-bond acceptors (Lipinski definition) is 3. The summed E-state index contributed by atoms with van der Waals surface area (Å²) < 4.78 is 5.76. The monoisotopic (exact) mass is 225 g/mol. The van der Waals surface area contributed by atoms with Gasteiger partial charge in [-0.05, 0) is 25.8 Å². The Balaban J connectivity index is 2.31. The summed E-state index contributed by atoms with van der Waals surface area (Å²) in [4.78, 5) is 0. The first-order chi connectivity index (χ1) is 7.61. The Bertz CT molecular complexity index is 296. The number of nitrogens with one attached hydrogen (secondary N) is 2. The van der Waals surface area contributed by atoms with Crippen molar-refractivity contribution in [1.29, 1.82) is 0 Å². The molecule has 0 bridgehead atoms. The minimum atomic E-state index is 0.196. The second kappa shape index (κ2) is 6.53. The molecule has 1 unspecified atom stereocenters. The van der Waals surface area contributed by atoms with Gasteiger partial charge in [-0.3, -0.25) is 5.10 Å². The molecule has 1 aromatic rings. The van der Waals surface area contributed by atoms with E-state index in [0.717, 1.165) is 25.2 Å². The minimum Gasteiger partial charge on any atom is -0.472 e. The summed E-state index contributed by atoms with van der Waals surface area (Å²) in [5.74, 6) is 1.36. The maximum Gasteiger partial charge on any atom is 0.233 e. The molecule has 1 heterocycles. The first-order valence-corrected chi connectivity index (χ1v) is 6.01. The highest BCUT2D eigenvalue weighted by Gasteiger charge is 2.09. The Labute approximate surface area is 97.8 Å². The smallest absolute Gasteiger partial charge is 0.233 e. The van der Waals surface area contributed by atoms with E-state index in [-0.39, 0.29) is 6.10 Å². The normalized spacial score (nSPS) is 13.1. The summed E-state index contributed by atoms with van der Waals surface area (Å²) in [6.45, 7) is 10.4. The van der Waals surface area contributed by atoms with Crippen LogP contribution in [0, 0.1) is 12.8 Å². The summed E-state index contributed by atoms with van der Waals surface area (Å²) >= 11 is 0. The molecule has 0 saturated carbocycles. The highest BCUT2D eigenvalue weighted by atomic mass is 16.5. The van der Waals surface area contributed by atoms with E-state index in [9.17, 15) is 0 Å². The molecule has 0 aliphatic heterocycles. The first kappa shape index (κ1) is 13.0. The number of aryl methyl sites for hydroxylation is 1. The molecule has 0 spiro atoms. The zero-order valence-corrected chi connectivity index (χ0v) is 10.7. The molecule has 0 aromatic carbocycles. The molecule has 0 aliphatic rings. The number of aromatic nitrogens is 2. The van der Waals surface area contributed by atoms with E-state index >= 15 is 0 Å². The van der Waals surface area contributed by atoms with Crippen LogP contribution in [0.5, 0.6) is 5.88 Å². The van der Waals surface area contributed by atoms with Gasteiger partial charge in [0.05, 0.1) is 0 Å². The minimum absolute atomic E-state index is 0.196. The average Bonchev–Trinajstić information content (AvgIpc) is 2.62. The molecule has 92 valence electrons. The van der Waals surface area contributed by atoms with Crippen molar-refractivity contribution in [3.05, 3.63) is 11.8 Å². The molecule has 2 N–H and O–H groups in total. The molecule has 1 rings (SSSR count). The van der Waals surface area contributed by atoms with E-state index in [2.05, 4.69) is 36.3 Å². The van der Waals surface area contributed by atoms with E-state index in [1.165, 1.54) is 0 Å². The summed E-state index contributed by atoms with van der Waals surface area (Å²) in [6.07, 6.45) is 1.18. The van der Waals surface area contributed by atoms with Gasteiger partial charge in [0.2, 0.25) is 5.88 Å². The molecule has 0 amide bonds. The molecule has 0 saturated heterocycles. The Morgan fingerprint density at radius 3 is 2.69 bits per heavy atom. The Morgan fingerprint density at radius 2 is 2.19 bits per heavy atom. The molecule has 0 fully saturated rings. The molecular weight excluding hydrogens is 202 g/mol. The lowest BCUT2D eigenvalue weighted by atomic mass is 10.2. The van der Waals surface area contributed by atoms with E-state index < -0.39 is 0 Å². The van der Waals surface area contributed by atoms with Crippen LogP contribution in [0.3, 0.4) is 0 Å². The van der Waals surface area contributed by atoms with Crippen molar-refractivity contribution < 1.29 is 4.74 Å². The molecule has 0 aliphatic carbocycles. The van der Waals surface area contributed by atoms with Crippen LogP contribution < -0.4 is 10.1 Å². The van der Waals surface area contributed by atoms with Crippen molar-refractivity contribution >= 4 is 0 Å². The van der Waals surface area contributed by atoms with Crippen LogP contribution in [0.4, 0.5) is 0 Å². The fraction of sp³-hybridized carbons (Fsp3) is 0.750. The van der Waals surface area contributed by atoms with Crippen molar-refractivity contribution in [2.45, 2.75) is 40.2 Å². The van der Waals surface area contributed by atoms with Crippen LogP contribution in [0.15, 0.2) is 6.07 Å². The van der Waals surface area contributed by atoms with Crippen LogP contribution >= 0.6 is 0 Å². The van der Waals surface area contributed by atoms with Gasteiger partial charge < -0.3 is 10.1 Å². The summed E-state index contributed by atoms with van der Waals surface area (Å²) in [5.41, 5.74) is 1.03. The maximum atomic E-state index is 5.76. The number of ether oxygens (including phenoxy) is 1. The van der Waals surface area contributed by atoms with Crippen molar-refractivity contribution in [1.82, 2.24) is 15.5 Å². The third kappa shape index (κ3) is 4.66. The predicted molar refractivity (Wildman–Crippen MR) is 65.7 cm³/mol. The Hall–Kier alpha value is -1.03. The number of nitrogens with zero attached hydrogens (tertiary/aromatic N) is 1. The van der Waals surface area contributed by atoms with Gasteiger partial charge in [0.15, 0.2) is 0 Å². The van der Waals surface area contributed by atoms with Gasteiger partial charge in [-0.2, -0.15) is 0 Å². The van der Waals surface area contributed by atoms with E-state index in [1.807, 2.05) is 13.0 Å². The average molecular weight is 225 g/mol. The lowest BCUT2D eigenvalue weighted by Crippen LogP contribution is -2.33. The summed E-state index contributed by atoms with van der Waals surface area (Å²) in [7, 11) is 0.